The van der Waals surface area contributed by atoms with Crippen molar-refractivity contribution in [3.05, 3.63) is 35.9 Å². The van der Waals surface area contributed by atoms with Crippen LogP contribution in [0.1, 0.15) is 71.8 Å². The molecule has 0 spiro atoms. The average Bonchev–Trinajstić information content (AvgIpc) is 3.14. The Bertz CT molecular complexity index is 1120. The van der Waals surface area contributed by atoms with E-state index < -0.39 is 39.4 Å². The Morgan fingerprint density at radius 1 is 1.10 bits per heavy atom. The van der Waals surface area contributed by atoms with Crippen molar-refractivity contribution < 1.29 is 27.9 Å². The molecule has 0 radical (unpaired) electrons. The topological polar surface area (TPSA) is 125 Å². The smallest absolute Gasteiger partial charge is 0.407 e. The van der Waals surface area contributed by atoms with Crippen LogP contribution in [0.2, 0.25) is 0 Å². The molecule has 1 aliphatic carbocycles. The maximum atomic E-state index is 13.4. The summed E-state index contributed by atoms with van der Waals surface area (Å²) in [5.41, 5.74) is 0.577. The molecule has 40 heavy (non-hydrogen) atoms. The molecule has 10 heteroatoms. The van der Waals surface area contributed by atoms with Gasteiger partial charge in [0, 0.05) is 18.6 Å². The van der Waals surface area contributed by atoms with Crippen molar-refractivity contribution in [1.82, 2.24) is 15.5 Å². The second kappa shape index (κ2) is 12.8. The van der Waals surface area contributed by atoms with Gasteiger partial charge in [-0.05, 0) is 70.8 Å². The lowest BCUT2D eigenvalue weighted by molar-refractivity contribution is -0.132. The summed E-state index contributed by atoms with van der Waals surface area (Å²) in [6, 6.07) is 8.56. The summed E-state index contributed by atoms with van der Waals surface area (Å²) in [5, 5.41) is 16.8. The van der Waals surface area contributed by atoms with Gasteiger partial charge in [0.05, 0.1) is 29.2 Å². The van der Waals surface area contributed by atoms with Gasteiger partial charge < -0.3 is 20.5 Å². The number of benzene rings is 1. The Kier molecular flexibility index (Phi) is 9.83. The minimum Gasteiger partial charge on any atom is -0.445 e. The molecule has 2 amide bonds. The van der Waals surface area contributed by atoms with Crippen LogP contribution in [0.15, 0.2) is 30.3 Å². The van der Waals surface area contributed by atoms with E-state index in [2.05, 4.69) is 15.5 Å². The molecule has 1 saturated carbocycles. The number of nitrogens with one attached hydrogen (secondary N) is 2. The van der Waals surface area contributed by atoms with Crippen LogP contribution in [0.3, 0.4) is 0 Å². The van der Waals surface area contributed by atoms with Crippen molar-refractivity contribution >= 4 is 21.8 Å². The first kappa shape index (κ1) is 30.8. The van der Waals surface area contributed by atoms with Crippen LogP contribution in [-0.2, 0) is 25.8 Å². The van der Waals surface area contributed by atoms with Gasteiger partial charge in [0.25, 0.3) is 0 Å². The van der Waals surface area contributed by atoms with Crippen LogP contribution in [0, 0.1) is 11.8 Å². The Labute approximate surface area is 239 Å². The van der Waals surface area contributed by atoms with Crippen molar-refractivity contribution in [2.75, 3.05) is 18.8 Å². The molecule has 9 nitrogen and oxygen atoms in total. The molecule has 3 N–H and O–H groups in total. The maximum absolute atomic E-state index is 13.4. The van der Waals surface area contributed by atoms with Gasteiger partial charge >= 0.3 is 6.09 Å². The number of ether oxygens (including phenoxy) is 1. The minimum atomic E-state index is -3.27. The van der Waals surface area contributed by atoms with E-state index in [0.29, 0.717) is 18.3 Å². The quantitative estimate of drug-likeness (QED) is 0.434. The highest BCUT2D eigenvalue weighted by Gasteiger charge is 2.42. The first-order chi connectivity index (χ1) is 18.8. The number of carbonyl (C=O) groups excluding carboxylic acids is 2. The van der Waals surface area contributed by atoms with Crippen LogP contribution in [0.5, 0.6) is 0 Å². The second-order valence-electron chi connectivity index (χ2n) is 13.1. The van der Waals surface area contributed by atoms with Gasteiger partial charge in [-0.1, -0.05) is 49.6 Å². The SMILES string of the molecule is C[C@H]1[C@@H](OC(=O)N[C@@H](Cc2ccccc2)[C@H](O)CN2C[C@H]3CCCC[C@H]3CC2C(=O)NC(C)(C)C)CCS1(=O)=O. The van der Waals surface area contributed by atoms with Crippen molar-refractivity contribution in [3.63, 3.8) is 0 Å². The molecule has 1 unspecified atom stereocenters. The monoisotopic (exact) mass is 577 g/mol. The summed E-state index contributed by atoms with van der Waals surface area (Å²) in [4.78, 5) is 28.5. The molecule has 2 saturated heterocycles. The van der Waals surface area contributed by atoms with Crippen LogP contribution < -0.4 is 10.6 Å². The summed E-state index contributed by atoms with van der Waals surface area (Å²) >= 11 is 0. The lowest BCUT2D eigenvalue weighted by Gasteiger charge is -2.47. The Balaban J connectivity index is 1.49. The van der Waals surface area contributed by atoms with Crippen molar-refractivity contribution in [2.24, 2.45) is 11.8 Å². The van der Waals surface area contributed by atoms with E-state index >= 15 is 0 Å². The molecule has 3 aliphatic rings. The summed E-state index contributed by atoms with van der Waals surface area (Å²) in [6.07, 6.45) is 3.65. The van der Waals surface area contributed by atoms with Gasteiger partial charge in [-0.25, -0.2) is 13.2 Å². The lowest BCUT2D eigenvalue weighted by atomic mass is 9.72. The lowest BCUT2D eigenvalue weighted by Crippen LogP contribution is -2.60. The summed E-state index contributed by atoms with van der Waals surface area (Å²) in [5.74, 6) is 0.982. The van der Waals surface area contributed by atoms with Crippen LogP contribution >= 0.6 is 0 Å². The van der Waals surface area contributed by atoms with Gasteiger partial charge in [-0.15, -0.1) is 0 Å². The van der Waals surface area contributed by atoms with E-state index in [9.17, 15) is 23.1 Å². The summed E-state index contributed by atoms with van der Waals surface area (Å²) in [7, 11) is -3.27. The molecule has 3 fully saturated rings. The number of carbonyl (C=O) groups is 2. The third-order valence-corrected chi connectivity index (χ3v) is 11.1. The number of hydrogen-bond acceptors (Lipinski definition) is 7. The predicted octanol–water partition coefficient (Wildman–Crippen LogP) is 3.06. The number of aliphatic hydroxyl groups is 1. The number of likely N-dealkylation sites (tertiary alicyclic amines) is 1. The number of fused-ring (bicyclic) bond motifs is 1. The highest BCUT2D eigenvalue weighted by Crippen LogP contribution is 2.39. The number of nitrogens with zero attached hydrogens (tertiary/aromatic N) is 1. The molecule has 1 aromatic rings. The fourth-order valence-electron chi connectivity index (χ4n) is 6.56. The highest BCUT2D eigenvalue weighted by atomic mass is 32.2. The number of alkyl carbamates (subject to hydrolysis) is 1. The molecule has 0 bridgehead atoms. The second-order valence-corrected chi connectivity index (χ2v) is 15.5. The fraction of sp³-hybridized carbons (Fsp3) is 0.733. The molecule has 7 atom stereocenters. The molecule has 2 aliphatic heterocycles. The number of piperidine rings is 1. The number of rotatable bonds is 8. The van der Waals surface area contributed by atoms with Crippen LogP contribution in [0.4, 0.5) is 4.79 Å². The van der Waals surface area contributed by atoms with E-state index in [4.69, 9.17) is 4.74 Å². The number of β-amino-alcohol motifs (C(OH)–C–C–N with tert-alkyl or cyclic N) is 1. The van der Waals surface area contributed by atoms with E-state index in [1.807, 2.05) is 51.1 Å². The Hall–Kier alpha value is -2.17. The number of amides is 2. The number of aliphatic hydroxyl groups excluding tert-OH is 1. The van der Waals surface area contributed by atoms with E-state index in [-0.39, 0.29) is 36.2 Å². The van der Waals surface area contributed by atoms with Gasteiger partial charge in [0.2, 0.25) is 5.91 Å². The van der Waals surface area contributed by atoms with E-state index in [1.165, 1.54) is 12.8 Å². The summed E-state index contributed by atoms with van der Waals surface area (Å²) in [6.45, 7) is 8.45. The highest BCUT2D eigenvalue weighted by molar-refractivity contribution is 7.92. The molecule has 2 heterocycles. The predicted molar refractivity (Wildman–Crippen MR) is 155 cm³/mol. The summed E-state index contributed by atoms with van der Waals surface area (Å²) < 4.78 is 29.8. The standard InChI is InChI=1S/C30H47N3O6S/c1-20-27(14-15-40(20,37)38)39-29(36)31-24(16-21-10-6-5-7-11-21)26(34)19-33-18-23-13-9-8-12-22(23)17-25(33)28(35)32-30(2,3)4/h5-7,10-11,20,22-27,34H,8-9,12-19H2,1-4H3,(H,31,36)(H,32,35)/t20-,22-,23+,24-,25?,26+,27-/m0/s1. The zero-order valence-electron chi connectivity index (χ0n) is 24.3. The third-order valence-electron chi connectivity index (χ3n) is 8.83. The number of sulfone groups is 1. The first-order valence-corrected chi connectivity index (χ1v) is 16.5. The molecule has 224 valence electrons. The third kappa shape index (κ3) is 7.97. The van der Waals surface area contributed by atoms with Crippen molar-refractivity contribution in [2.45, 2.75) is 108 Å². The van der Waals surface area contributed by atoms with Crippen molar-refractivity contribution in [1.29, 1.82) is 0 Å². The fourth-order valence-corrected chi connectivity index (χ4v) is 8.14. The van der Waals surface area contributed by atoms with Gasteiger partial charge in [-0.2, -0.15) is 0 Å². The average molecular weight is 578 g/mol. The van der Waals surface area contributed by atoms with Crippen LogP contribution in [-0.4, -0.2) is 84.3 Å². The molecule has 4 rings (SSSR count). The Morgan fingerprint density at radius 2 is 1.77 bits per heavy atom. The largest absolute Gasteiger partial charge is 0.445 e. The molecule has 1 aromatic carbocycles. The minimum absolute atomic E-state index is 0.00266. The van der Waals surface area contributed by atoms with Gasteiger partial charge in [-0.3, -0.25) is 9.69 Å². The van der Waals surface area contributed by atoms with Gasteiger partial charge in [0.15, 0.2) is 9.84 Å². The van der Waals surface area contributed by atoms with E-state index in [1.54, 1.807) is 6.92 Å². The molecular formula is C30H47N3O6S. The maximum Gasteiger partial charge on any atom is 0.407 e. The molecular weight excluding hydrogens is 530 g/mol. The van der Waals surface area contributed by atoms with E-state index in [0.717, 1.165) is 31.4 Å². The Morgan fingerprint density at radius 3 is 2.40 bits per heavy atom. The number of hydrogen-bond donors (Lipinski definition) is 3. The van der Waals surface area contributed by atoms with Crippen LogP contribution in [0.25, 0.3) is 0 Å². The normalized spacial score (nSPS) is 30.1. The zero-order valence-corrected chi connectivity index (χ0v) is 25.2. The zero-order chi connectivity index (χ0) is 29.1. The molecule has 0 aromatic heterocycles. The first-order valence-electron chi connectivity index (χ1n) is 14.8. The van der Waals surface area contributed by atoms with Crippen molar-refractivity contribution in [3.8, 4) is 0 Å². The van der Waals surface area contributed by atoms with Gasteiger partial charge in [0.1, 0.15) is 6.10 Å².